The van der Waals surface area contributed by atoms with Crippen LogP contribution in [0.4, 0.5) is 4.79 Å². The quantitative estimate of drug-likeness (QED) is 0.721. The van der Waals surface area contributed by atoms with E-state index < -0.39 is 12.3 Å². The summed E-state index contributed by atoms with van der Waals surface area (Å²) in [6, 6.07) is 3.52. The maximum Gasteiger partial charge on any atom is 0.411 e. The van der Waals surface area contributed by atoms with Gasteiger partial charge in [0.2, 0.25) is 0 Å². The number of aromatic nitrogens is 1. The molecule has 0 bridgehead atoms. The van der Waals surface area contributed by atoms with Gasteiger partial charge in [0.15, 0.2) is 6.23 Å². The minimum Gasteiger partial charge on any atom is -0.453 e. The molecule has 6 heteroatoms. The van der Waals surface area contributed by atoms with Gasteiger partial charge < -0.3 is 9.47 Å². The summed E-state index contributed by atoms with van der Waals surface area (Å²) in [7, 11) is 2.90. The normalized spacial score (nSPS) is 18.8. The standard InChI is InChI=1S/C11H13ClN2O3/c1-16-10-7-3-4-9(12)13-8(7)5-6-14(10)11(15)17-2/h3-4,10H,5-6H2,1-2H3/t10-/m0/s1. The highest BCUT2D eigenvalue weighted by Crippen LogP contribution is 2.30. The first-order valence-corrected chi connectivity index (χ1v) is 5.58. The first-order chi connectivity index (χ1) is 8.17. The van der Waals surface area contributed by atoms with Crippen LogP contribution in [-0.4, -0.2) is 36.7 Å². The number of carbonyl (C=O) groups excluding carboxylic acids is 1. The Labute approximate surface area is 104 Å². The maximum atomic E-state index is 11.6. The SMILES string of the molecule is COC(=O)N1CCc2nc(Cl)ccc2[C@@H]1OC. The fraction of sp³-hybridized carbons (Fsp3) is 0.455. The molecule has 1 aromatic rings. The van der Waals surface area contributed by atoms with Crippen LogP contribution in [0.25, 0.3) is 0 Å². The van der Waals surface area contributed by atoms with Crippen LogP contribution in [-0.2, 0) is 15.9 Å². The van der Waals surface area contributed by atoms with E-state index in [-0.39, 0.29) is 0 Å². The number of methoxy groups -OCH3 is 2. The minimum atomic E-state index is -0.462. The average molecular weight is 257 g/mol. The van der Waals surface area contributed by atoms with Gasteiger partial charge >= 0.3 is 6.09 Å². The third kappa shape index (κ3) is 2.21. The lowest BCUT2D eigenvalue weighted by atomic mass is 10.0. The minimum absolute atomic E-state index is 0.405. The van der Waals surface area contributed by atoms with Crippen LogP contribution >= 0.6 is 11.6 Å². The third-order valence-electron chi connectivity index (χ3n) is 2.75. The van der Waals surface area contributed by atoms with E-state index in [1.54, 1.807) is 13.2 Å². The van der Waals surface area contributed by atoms with Crippen molar-refractivity contribution in [1.29, 1.82) is 0 Å². The number of hydrogen-bond acceptors (Lipinski definition) is 4. The lowest BCUT2D eigenvalue weighted by Crippen LogP contribution is -2.41. The molecule has 17 heavy (non-hydrogen) atoms. The van der Waals surface area contributed by atoms with Gasteiger partial charge in [0.05, 0.1) is 12.8 Å². The van der Waals surface area contributed by atoms with Gasteiger partial charge in [0.1, 0.15) is 5.15 Å². The molecule has 0 fully saturated rings. The van der Waals surface area contributed by atoms with Gasteiger partial charge in [-0.2, -0.15) is 0 Å². The molecule has 2 heterocycles. The van der Waals surface area contributed by atoms with E-state index in [1.165, 1.54) is 12.0 Å². The predicted octanol–water partition coefficient (Wildman–Crippen LogP) is 2.00. The van der Waals surface area contributed by atoms with Crippen LogP contribution < -0.4 is 0 Å². The number of fused-ring (bicyclic) bond motifs is 1. The van der Waals surface area contributed by atoms with Crippen molar-refractivity contribution in [2.24, 2.45) is 0 Å². The Bertz CT molecular complexity index is 439. The second kappa shape index (κ2) is 4.89. The van der Waals surface area contributed by atoms with Crippen molar-refractivity contribution in [2.45, 2.75) is 12.6 Å². The molecule has 92 valence electrons. The summed E-state index contributed by atoms with van der Waals surface area (Å²) < 4.78 is 10.1. The molecule has 0 aliphatic carbocycles. The van der Waals surface area contributed by atoms with E-state index in [2.05, 4.69) is 4.98 Å². The van der Waals surface area contributed by atoms with Crippen LogP contribution in [0.3, 0.4) is 0 Å². The Balaban J connectivity index is 2.36. The van der Waals surface area contributed by atoms with E-state index >= 15 is 0 Å². The third-order valence-corrected chi connectivity index (χ3v) is 2.96. The summed E-state index contributed by atoms with van der Waals surface area (Å²) in [4.78, 5) is 17.4. The molecule has 1 aromatic heterocycles. The number of hydrogen-bond donors (Lipinski definition) is 0. The van der Waals surface area contributed by atoms with Gasteiger partial charge in [-0.1, -0.05) is 11.6 Å². The monoisotopic (exact) mass is 256 g/mol. The molecule has 0 aromatic carbocycles. The lowest BCUT2D eigenvalue weighted by molar-refractivity contribution is -0.0339. The van der Waals surface area contributed by atoms with Crippen LogP contribution in [0.2, 0.25) is 5.15 Å². The first-order valence-electron chi connectivity index (χ1n) is 5.20. The number of ether oxygens (including phenoxy) is 2. The van der Waals surface area contributed by atoms with E-state index in [0.717, 1.165) is 11.3 Å². The Morgan fingerprint density at radius 2 is 2.29 bits per heavy atom. The molecule has 5 nitrogen and oxygen atoms in total. The Kier molecular flexibility index (Phi) is 3.49. The molecule has 0 saturated heterocycles. The van der Waals surface area contributed by atoms with Crippen molar-refractivity contribution in [3.8, 4) is 0 Å². The second-order valence-electron chi connectivity index (χ2n) is 3.67. The molecule has 1 atom stereocenters. The zero-order valence-electron chi connectivity index (χ0n) is 9.64. The van der Waals surface area contributed by atoms with Crippen LogP contribution in [0.1, 0.15) is 17.5 Å². The van der Waals surface area contributed by atoms with Crippen molar-refractivity contribution >= 4 is 17.7 Å². The molecule has 0 spiro atoms. The van der Waals surface area contributed by atoms with E-state index in [1.807, 2.05) is 6.07 Å². The molecule has 1 aliphatic heterocycles. The van der Waals surface area contributed by atoms with E-state index in [9.17, 15) is 4.79 Å². The van der Waals surface area contributed by atoms with E-state index in [0.29, 0.717) is 18.1 Å². The van der Waals surface area contributed by atoms with Crippen LogP contribution in [0, 0.1) is 0 Å². The highest BCUT2D eigenvalue weighted by atomic mass is 35.5. The first kappa shape index (κ1) is 12.1. The van der Waals surface area contributed by atoms with Crippen LogP contribution in [0.15, 0.2) is 12.1 Å². The molecule has 0 radical (unpaired) electrons. The van der Waals surface area contributed by atoms with Gasteiger partial charge in [0, 0.05) is 25.6 Å². The number of nitrogens with zero attached hydrogens (tertiary/aromatic N) is 2. The van der Waals surface area contributed by atoms with Gasteiger partial charge in [-0.15, -0.1) is 0 Å². The fourth-order valence-electron chi connectivity index (χ4n) is 1.98. The Morgan fingerprint density at radius 1 is 1.53 bits per heavy atom. The maximum absolute atomic E-state index is 11.6. The van der Waals surface area contributed by atoms with Crippen molar-refractivity contribution < 1.29 is 14.3 Å². The summed E-state index contributed by atoms with van der Waals surface area (Å²) in [5.74, 6) is 0. The van der Waals surface area contributed by atoms with Gasteiger partial charge in [-0.25, -0.2) is 9.78 Å². The number of halogens is 1. The summed E-state index contributed by atoms with van der Waals surface area (Å²) in [5, 5.41) is 0.449. The van der Waals surface area contributed by atoms with Crippen molar-refractivity contribution in [1.82, 2.24) is 9.88 Å². The average Bonchev–Trinajstić information content (AvgIpc) is 2.36. The summed E-state index contributed by atoms with van der Waals surface area (Å²) in [5.41, 5.74) is 1.72. The Hall–Kier alpha value is -1.33. The van der Waals surface area contributed by atoms with Crippen molar-refractivity contribution in [2.75, 3.05) is 20.8 Å². The molecule has 1 amide bonds. The van der Waals surface area contributed by atoms with Gasteiger partial charge in [-0.3, -0.25) is 4.90 Å². The smallest absolute Gasteiger partial charge is 0.411 e. The molecule has 0 N–H and O–H groups in total. The molecule has 0 unspecified atom stereocenters. The lowest BCUT2D eigenvalue weighted by Gasteiger charge is -2.34. The van der Waals surface area contributed by atoms with Gasteiger partial charge in [-0.05, 0) is 12.1 Å². The topological polar surface area (TPSA) is 51.7 Å². The number of amides is 1. The zero-order chi connectivity index (χ0) is 12.4. The largest absolute Gasteiger partial charge is 0.453 e. The molecule has 2 rings (SSSR count). The summed E-state index contributed by atoms with van der Waals surface area (Å²) in [6.45, 7) is 0.505. The number of rotatable bonds is 1. The van der Waals surface area contributed by atoms with Crippen molar-refractivity contribution in [3.63, 3.8) is 0 Å². The second-order valence-corrected chi connectivity index (χ2v) is 4.06. The highest BCUT2D eigenvalue weighted by molar-refractivity contribution is 6.29. The number of carbonyl (C=O) groups is 1. The zero-order valence-corrected chi connectivity index (χ0v) is 10.4. The fourth-order valence-corrected chi connectivity index (χ4v) is 2.15. The van der Waals surface area contributed by atoms with Crippen LogP contribution in [0.5, 0.6) is 0 Å². The number of pyridine rings is 1. The van der Waals surface area contributed by atoms with E-state index in [4.69, 9.17) is 21.1 Å². The summed E-state index contributed by atoms with van der Waals surface area (Å²) in [6.07, 6.45) is -0.224. The highest BCUT2D eigenvalue weighted by Gasteiger charge is 2.32. The molecule has 0 saturated carbocycles. The van der Waals surface area contributed by atoms with Crippen molar-refractivity contribution in [3.05, 3.63) is 28.5 Å². The van der Waals surface area contributed by atoms with Gasteiger partial charge in [0.25, 0.3) is 0 Å². The Morgan fingerprint density at radius 3 is 2.94 bits per heavy atom. The molecular weight excluding hydrogens is 244 g/mol. The molecule has 1 aliphatic rings. The molecular formula is C11H13ClN2O3. The summed E-state index contributed by atoms with van der Waals surface area (Å²) >= 11 is 5.84. The predicted molar refractivity (Wildman–Crippen MR) is 61.8 cm³/mol.